The number of halogens is 2. The van der Waals surface area contributed by atoms with E-state index in [0.717, 1.165) is 22.5 Å². The lowest BCUT2D eigenvalue weighted by Crippen LogP contribution is -2.47. The van der Waals surface area contributed by atoms with Crippen LogP contribution in [-0.4, -0.2) is 19.3 Å². The van der Waals surface area contributed by atoms with Gasteiger partial charge in [0, 0.05) is 17.1 Å². The average molecular weight is 359 g/mol. The van der Waals surface area contributed by atoms with Gasteiger partial charge in [-0.25, -0.2) is 0 Å². The maximum Gasteiger partial charge on any atom is 0.0686 e. The van der Waals surface area contributed by atoms with Crippen LogP contribution < -0.4 is 5.32 Å². The quantitative estimate of drug-likeness (QED) is 0.844. The number of benzene rings is 1. The van der Waals surface area contributed by atoms with Crippen LogP contribution >= 0.6 is 27.5 Å². The summed E-state index contributed by atoms with van der Waals surface area (Å²) in [6, 6.07) is 6.65. The monoisotopic (exact) mass is 357 g/mol. The van der Waals surface area contributed by atoms with Crippen LogP contribution in [0.25, 0.3) is 0 Å². The van der Waals surface area contributed by atoms with Gasteiger partial charge < -0.3 is 10.1 Å². The van der Waals surface area contributed by atoms with Gasteiger partial charge in [-0.2, -0.15) is 0 Å². The molecule has 20 heavy (non-hydrogen) atoms. The molecule has 0 aromatic heterocycles. The van der Waals surface area contributed by atoms with Crippen LogP contribution in [0.15, 0.2) is 22.7 Å². The van der Waals surface area contributed by atoms with Crippen molar-refractivity contribution >= 4 is 27.5 Å². The molecular weight excluding hydrogens is 338 g/mol. The molecule has 0 amide bonds. The van der Waals surface area contributed by atoms with Crippen molar-refractivity contribution in [2.75, 3.05) is 13.7 Å². The third-order valence-electron chi connectivity index (χ3n) is 4.88. The zero-order valence-corrected chi connectivity index (χ0v) is 14.1. The largest absolute Gasteiger partial charge is 0.375 e. The molecule has 0 bridgehead atoms. The molecule has 1 N–H and O–H groups in total. The van der Waals surface area contributed by atoms with Gasteiger partial charge in [0.2, 0.25) is 0 Å². The van der Waals surface area contributed by atoms with E-state index in [4.69, 9.17) is 16.3 Å². The highest BCUT2D eigenvalue weighted by Gasteiger charge is 2.44. The molecule has 110 valence electrons. The summed E-state index contributed by atoms with van der Waals surface area (Å²) < 4.78 is 7.00. The van der Waals surface area contributed by atoms with Crippen molar-refractivity contribution in [1.29, 1.82) is 0 Å². The Labute approximate surface area is 134 Å². The maximum absolute atomic E-state index is 6.25. The molecular formula is C16H21BrClNO. The smallest absolute Gasteiger partial charge is 0.0686 e. The van der Waals surface area contributed by atoms with Gasteiger partial charge >= 0.3 is 0 Å². The van der Waals surface area contributed by atoms with Crippen molar-refractivity contribution in [3.8, 4) is 0 Å². The second kappa shape index (κ2) is 5.96. The van der Waals surface area contributed by atoms with Gasteiger partial charge in [-0.1, -0.05) is 17.7 Å². The third-order valence-corrected chi connectivity index (χ3v) is 6.11. The molecule has 4 heteroatoms. The summed E-state index contributed by atoms with van der Waals surface area (Å²) in [6.45, 7) is 0.896. The molecule has 2 nitrogen and oxygen atoms in total. The minimum atomic E-state index is 0.192. The van der Waals surface area contributed by atoms with E-state index in [0.29, 0.717) is 12.0 Å². The zero-order chi connectivity index (χ0) is 14.2. The lowest BCUT2D eigenvalue weighted by Gasteiger charge is -2.48. The Kier molecular flexibility index (Phi) is 4.42. The minimum Gasteiger partial charge on any atom is -0.375 e. The topological polar surface area (TPSA) is 21.3 Å². The Bertz CT molecular complexity index is 489. The summed E-state index contributed by atoms with van der Waals surface area (Å²) in [5.74, 6) is 0.631. The van der Waals surface area contributed by atoms with E-state index >= 15 is 0 Å². The van der Waals surface area contributed by atoms with E-state index in [1.807, 2.05) is 13.1 Å². The first-order valence-electron chi connectivity index (χ1n) is 7.40. The molecule has 1 aliphatic heterocycles. The van der Waals surface area contributed by atoms with E-state index in [9.17, 15) is 0 Å². The van der Waals surface area contributed by atoms with Crippen LogP contribution in [0.1, 0.15) is 43.7 Å². The normalized spacial score (nSPS) is 26.2. The molecule has 3 rings (SSSR count). The Hall–Kier alpha value is -0.0900. The van der Waals surface area contributed by atoms with Gasteiger partial charge in [0.25, 0.3) is 0 Å². The highest BCUT2D eigenvalue weighted by molar-refractivity contribution is 9.10. The fraction of sp³-hybridized carbons (Fsp3) is 0.625. The summed E-state index contributed by atoms with van der Waals surface area (Å²) in [4.78, 5) is 0. The number of rotatable bonds is 3. The van der Waals surface area contributed by atoms with Crippen molar-refractivity contribution in [2.45, 2.75) is 43.7 Å². The molecule has 2 fully saturated rings. The van der Waals surface area contributed by atoms with Gasteiger partial charge in [0.15, 0.2) is 0 Å². The molecule has 1 saturated heterocycles. The molecule has 1 heterocycles. The van der Waals surface area contributed by atoms with Crippen molar-refractivity contribution < 1.29 is 4.74 Å². The first-order chi connectivity index (χ1) is 9.63. The van der Waals surface area contributed by atoms with E-state index in [1.165, 1.54) is 31.2 Å². The Morgan fingerprint density at radius 1 is 1.45 bits per heavy atom. The maximum atomic E-state index is 6.25. The minimum absolute atomic E-state index is 0.192. The van der Waals surface area contributed by atoms with Gasteiger partial charge in [0.1, 0.15) is 0 Å². The third kappa shape index (κ3) is 2.78. The van der Waals surface area contributed by atoms with Crippen LogP contribution in [0.2, 0.25) is 5.02 Å². The number of nitrogens with one attached hydrogen (secondary N) is 1. The summed E-state index contributed by atoms with van der Waals surface area (Å²) in [5, 5.41) is 4.28. The highest BCUT2D eigenvalue weighted by Crippen LogP contribution is 2.47. The summed E-state index contributed by atoms with van der Waals surface area (Å²) >= 11 is 9.71. The SMILES string of the molecule is CNC(c1ccc(Br)c(Cl)c1)C1CCOC2(CCC2)C1. The summed E-state index contributed by atoms with van der Waals surface area (Å²) in [7, 11) is 2.05. The lowest BCUT2D eigenvalue weighted by atomic mass is 9.69. The molecule has 2 unspecified atom stereocenters. The Morgan fingerprint density at radius 2 is 2.25 bits per heavy atom. The second-order valence-corrected chi connectivity index (χ2v) is 7.34. The molecule has 1 aliphatic carbocycles. The van der Waals surface area contributed by atoms with Crippen molar-refractivity contribution in [3.05, 3.63) is 33.3 Å². The first-order valence-corrected chi connectivity index (χ1v) is 8.57. The van der Waals surface area contributed by atoms with Crippen LogP contribution in [0.3, 0.4) is 0 Å². The lowest BCUT2D eigenvalue weighted by molar-refractivity contribution is -0.147. The van der Waals surface area contributed by atoms with Crippen LogP contribution in [-0.2, 0) is 4.74 Å². The van der Waals surface area contributed by atoms with Gasteiger partial charge in [0.05, 0.1) is 10.6 Å². The van der Waals surface area contributed by atoms with Crippen LogP contribution in [0, 0.1) is 5.92 Å². The zero-order valence-electron chi connectivity index (χ0n) is 11.8. The van der Waals surface area contributed by atoms with Crippen molar-refractivity contribution in [2.24, 2.45) is 5.92 Å². The standard InChI is InChI=1S/C16H21BrClNO/c1-19-15(11-3-4-13(17)14(18)9-11)12-5-8-20-16(10-12)6-2-7-16/h3-4,9,12,15,19H,2,5-8,10H2,1H3. The van der Waals surface area contributed by atoms with Crippen LogP contribution in [0.4, 0.5) is 0 Å². The number of ether oxygens (including phenoxy) is 1. The number of hydrogen-bond acceptors (Lipinski definition) is 2. The van der Waals surface area contributed by atoms with Gasteiger partial charge in [-0.15, -0.1) is 0 Å². The molecule has 1 aromatic carbocycles. The second-order valence-electron chi connectivity index (χ2n) is 6.08. The molecule has 2 atom stereocenters. The Balaban J connectivity index is 1.79. The highest BCUT2D eigenvalue weighted by atomic mass is 79.9. The van der Waals surface area contributed by atoms with Crippen molar-refractivity contribution in [3.63, 3.8) is 0 Å². The molecule has 1 spiro atoms. The fourth-order valence-electron chi connectivity index (χ4n) is 3.65. The van der Waals surface area contributed by atoms with Crippen molar-refractivity contribution in [1.82, 2.24) is 5.32 Å². The van der Waals surface area contributed by atoms with Crippen LogP contribution in [0.5, 0.6) is 0 Å². The first kappa shape index (κ1) is 14.8. The summed E-state index contributed by atoms with van der Waals surface area (Å²) in [5.41, 5.74) is 1.47. The molecule has 1 aromatic rings. The van der Waals surface area contributed by atoms with Gasteiger partial charge in [-0.05, 0) is 78.7 Å². The van der Waals surface area contributed by atoms with E-state index in [-0.39, 0.29) is 5.60 Å². The van der Waals surface area contributed by atoms with E-state index in [2.05, 4.69) is 33.4 Å². The molecule has 0 radical (unpaired) electrons. The average Bonchev–Trinajstić information content (AvgIpc) is 2.42. The number of hydrogen-bond donors (Lipinski definition) is 1. The molecule has 2 aliphatic rings. The van der Waals surface area contributed by atoms with Gasteiger partial charge in [-0.3, -0.25) is 0 Å². The Morgan fingerprint density at radius 3 is 2.85 bits per heavy atom. The van der Waals surface area contributed by atoms with E-state index in [1.54, 1.807) is 0 Å². The summed E-state index contributed by atoms with van der Waals surface area (Å²) in [6.07, 6.45) is 6.09. The van der Waals surface area contributed by atoms with E-state index < -0.39 is 0 Å². The predicted molar refractivity (Wildman–Crippen MR) is 86.2 cm³/mol. The fourth-order valence-corrected chi connectivity index (χ4v) is 4.09. The molecule has 1 saturated carbocycles. The predicted octanol–water partition coefficient (Wildman–Crippen LogP) is 4.71.